The van der Waals surface area contributed by atoms with E-state index in [-0.39, 0.29) is 0 Å². The highest BCUT2D eigenvalue weighted by Crippen LogP contribution is 2.18. The molecule has 0 bridgehead atoms. The average molecular weight is 280 g/mol. The van der Waals surface area contributed by atoms with Crippen LogP contribution in [-0.2, 0) is 6.42 Å². The van der Waals surface area contributed by atoms with Crippen LogP contribution >= 0.6 is 0 Å². The van der Waals surface area contributed by atoms with Gasteiger partial charge in [-0.15, -0.1) is 0 Å². The van der Waals surface area contributed by atoms with Crippen molar-refractivity contribution in [3.05, 3.63) is 59.7 Å². The number of hydrogen-bond acceptors (Lipinski definition) is 2. The van der Waals surface area contributed by atoms with Crippen LogP contribution < -0.4 is 4.90 Å². The first-order valence-electron chi connectivity index (χ1n) is 7.42. The Labute approximate surface area is 128 Å². The molecule has 0 radical (unpaired) electrons. The first-order valence-corrected chi connectivity index (χ1v) is 7.42. The van der Waals surface area contributed by atoms with E-state index in [4.69, 9.17) is 4.99 Å². The third-order valence-electron chi connectivity index (χ3n) is 3.65. The van der Waals surface area contributed by atoms with E-state index in [1.54, 1.807) is 0 Å². The molecule has 21 heavy (non-hydrogen) atoms. The SMILES string of the molecule is C/C(CCc1ccc(N(C)C)cc1)=N\c1ccccc1C. The second-order valence-corrected chi connectivity index (χ2v) is 5.69. The predicted molar refractivity (Wildman–Crippen MR) is 93.0 cm³/mol. The van der Waals surface area contributed by atoms with E-state index in [0.29, 0.717) is 0 Å². The molecule has 2 heteroatoms. The van der Waals surface area contributed by atoms with Crippen molar-refractivity contribution in [2.45, 2.75) is 26.7 Å². The Morgan fingerprint density at radius 2 is 1.67 bits per heavy atom. The van der Waals surface area contributed by atoms with Crippen LogP contribution in [0, 0.1) is 6.92 Å². The maximum atomic E-state index is 4.73. The van der Waals surface area contributed by atoms with E-state index in [1.165, 1.54) is 22.5 Å². The van der Waals surface area contributed by atoms with Gasteiger partial charge < -0.3 is 4.90 Å². The van der Waals surface area contributed by atoms with Crippen LogP contribution in [-0.4, -0.2) is 19.8 Å². The Kier molecular flexibility index (Phi) is 5.15. The van der Waals surface area contributed by atoms with E-state index in [2.05, 4.69) is 75.3 Å². The average Bonchev–Trinajstić information content (AvgIpc) is 2.48. The number of aryl methyl sites for hydroxylation is 2. The zero-order valence-electron chi connectivity index (χ0n) is 13.4. The molecule has 0 unspecified atom stereocenters. The van der Waals surface area contributed by atoms with E-state index in [9.17, 15) is 0 Å². The van der Waals surface area contributed by atoms with Gasteiger partial charge in [-0.1, -0.05) is 30.3 Å². The molecular weight excluding hydrogens is 256 g/mol. The van der Waals surface area contributed by atoms with Crippen molar-refractivity contribution in [2.75, 3.05) is 19.0 Å². The highest BCUT2D eigenvalue weighted by molar-refractivity contribution is 5.85. The first-order chi connectivity index (χ1) is 10.1. The molecule has 0 saturated heterocycles. The first kappa shape index (κ1) is 15.3. The second kappa shape index (κ2) is 7.07. The highest BCUT2D eigenvalue weighted by atomic mass is 15.1. The topological polar surface area (TPSA) is 15.6 Å². The summed E-state index contributed by atoms with van der Waals surface area (Å²) >= 11 is 0. The van der Waals surface area contributed by atoms with Crippen LogP contribution in [0.5, 0.6) is 0 Å². The van der Waals surface area contributed by atoms with Crippen molar-refractivity contribution in [3.63, 3.8) is 0 Å². The van der Waals surface area contributed by atoms with Crippen molar-refractivity contribution in [3.8, 4) is 0 Å². The number of para-hydroxylation sites is 1. The maximum Gasteiger partial charge on any atom is 0.0658 e. The molecule has 2 aromatic carbocycles. The van der Waals surface area contributed by atoms with Crippen molar-refractivity contribution in [1.82, 2.24) is 0 Å². The van der Waals surface area contributed by atoms with Crippen molar-refractivity contribution < 1.29 is 0 Å². The number of nitrogens with zero attached hydrogens (tertiary/aromatic N) is 2. The predicted octanol–water partition coefficient (Wildman–Crippen LogP) is 4.79. The summed E-state index contributed by atoms with van der Waals surface area (Å²) < 4.78 is 0. The van der Waals surface area contributed by atoms with Gasteiger partial charge in [-0.05, 0) is 56.0 Å². The highest BCUT2D eigenvalue weighted by Gasteiger charge is 2.00. The molecule has 2 nitrogen and oxygen atoms in total. The summed E-state index contributed by atoms with van der Waals surface area (Å²) in [7, 11) is 4.13. The molecule has 2 rings (SSSR count). The van der Waals surface area contributed by atoms with Crippen LogP contribution in [0.15, 0.2) is 53.5 Å². The molecule has 0 aliphatic carbocycles. The monoisotopic (exact) mass is 280 g/mol. The van der Waals surface area contributed by atoms with Gasteiger partial charge in [-0.3, -0.25) is 4.99 Å². The van der Waals surface area contributed by atoms with E-state index in [1.807, 2.05) is 6.07 Å². The van der Waals surface area contributed by atoms with E-state index < -0.39 is 0 Å². The number of anilines is 1. The molecule has 0 aliphatic rings. The fourth-order valence-corrected chi connectivity index (χ4v) is 2.24. The Morgan fingerprint density at radius 3 is 2.29 bits per heavy atom. The fraction of sp³-hybridized carbons (Fsp3) is 0.316. The van der Waals surface area contributed by atoms with Gasteiger partial charge in [0.1, 0.15) is 0 Å². The van der Waals surface area contributed by atoms with Gasteiger partial charge in [-0.2, -0.15) is 0 Å². The van der Waals surface area contributed by atoms with Crippen molar-refractivity contribution in [1.29, 1.82) is 0 Å². The lowest BCUT2D eigenvalue weighted by Crippen LogP contribution is -2.08. The lowest BCUT2D eigenvalue weighted by Gasteiger charge is -2.12. The Hall–Kier alpha value is -2.09. The Balaban J connectivity index is 1.97. The maximum absolute atomic E-state index is 4.73. The van der Waals surface area contributed by atoms with Crippen LogP contribution in [0.2, 0.25) is 0 Å². The summed E-state index contributed by atoms with van der Waals surface area (Å²) in [6.45, 7) is 4.21. The van der Waals surface area contributed by atoms with E-state index >= 15 is 0 Å². The van der Waals surface area contributed by atoms with Crippen LogP contribution in [0.3, 0.4) is 0 Å². The molecule has 2 aromatic rings. The van der Waals surface area contributed by atoms with Gasteiger partial charge >= 0.3 is 0 Å². The van der Waals surface area contributed by atoms with Crippen molar-refractivity contribution >= 4 is 17.1 Å². The normalized spacial score (nSPS) is 11.5. The molecule has 0 aromatic heterocycles. The number of rotatable bonds is 5. The molecule has 0 aliphatic heterocycles. The molecule has 0 saturated carbocycles. The van der Waals surface area contributed by atoms with Crippen LogP contribution in [0.1, 0.15) is 24.5 Å². The summed E-state index contributed by atoms with van der Waals surface area (Å²) in [6.07, 6.45) is 2.03. The minimum absolute atomic E-state index is 0.996. The molecule has 0 heterocycles. The molecule has 0 spiro atoms. The molecule has 0 N–H and O–H groups in total. The Bertz CT molecular complexity index is 610. The Morgan fingerprint density at radius 1 is 1.00 bits per heavy atom. The summed E-state index contributed by atoms with van der Waals surface area (Å²) in [5.41, 5.74) is 6.09. The minimum Gasteiger partial charge on any atom is -0.378 e. The third kappa shape index (κ3) is 4.45. The lowest BCUT2D eigenvalue weighted by atomic mass is 10.1. The number of aliphatic imine (C=N–C) groups is 1. The van der Waals surface area contributed by atoms with Gasteiger partial charge in [-0.25, -0.2) is 0 Å². The van der Waals surface area contributed by atoms with Gasteiger partial charge in [0.2, 0.25) is 0 Å². The largest absolute Gasteiger partial charge is 0.378 e. The number of benzene rings is 2. The summed E-state index contributed by atoms with van der Waals surface area (Å²) in [6, 6.07) is 17.0. The van der Waals surface area contributed by atoms with Crippen LogP contribution in [0.25, 0.3) is 0 Å². The molecule has 0 fully saturated rings. The molecule has 0 atom stereocenters. The van der Waals surface area contributed by atoms with Gasteiger partial charge in [0.25, 0.3) is 0 Å². The third-order valence-corrected chi connectivity index (χ3v) is 3.65. The van der Waals surface area contributed by atoms with Gasteiger partial charge in [0.05, 0.1) is 5.69 Å². The van der Waals surface area contributed by atoms with Crippen LogP contribution in [0.4, 0.5) is 11.4 Å². The molecular formula is C19H24N2. The molecule has 0 amide bonds. The quantitative estimate of drug-likeness (QED) is 0.719. The van der Waals surface area contributed by atoms with E-state index in [0.717, 1.165) is 18.5 Å². The fourth-order valence-electron chi connectivity index (χ4n) is 2.24. The zero-order chi connectivity index (χ0) is 15.2. The van der Waals surface area contributed by atoms with Crippen molar-refractivity contribution in [2.24, 2.45) is 4.99 Å². The second-order valence-electron chi connectivity index (χ2n) is 5.69. The zero-order valence-corrected chi connectivity index (χ0v) is 13.4. The number of hydrogen-bond donors (Lipinski definition) is 0. The molecule has 110 valence electrons. The summed E-state index contributed by atoms with van der Waals surface area (Å²) in [5.74, 6) is 0. The lowest BCUT2D eigenvalue weighted by molar-refractivity contribution is 1.03. The smallest absolute Gasteiger partial charge is 0.0658 e. The minimum atomic E-state index is 0.996. The summed E-state index contributed by atoms with van der Waals surface area (Å²) in [4.78, 5) is 6.85. The van der Waals surface area contributed by atoms with Gasteiger partial charge in [0.15, 0.2) is 0 Å². The standard InChI is InChI=1S/C19H24N2/c1-15-7-5-6-8-19(15)20-16(2)9-10-17-11-13-18(14-12-17)21(3)4/h5-8,11-14H,9-10H2,1-4H3/b20-16+. The summed E-state index contributed by atoms with van der Waals surface area (Å²) in [5, 5.41) is 0. The van der Waals surface area contributed by atoms with Gasteiger partial charge in [0, 0.05) is 25.5 Å².